The fourth-order valence-corrected chi connectivity index (χ4v) is 8.87. The maximum Gasteiger partial charge on any atom is 0.404 e. The average Bonchev–Trinajstić information content (AvgIpc) is 3.75. The van der Waals surface area contributed by atoms with Gasteiger partial charge in [-0.3, -0.25) is 23.7 Å². The number of thiophene rings is 1. The van der Waals surface area contributed by atoms with Gasteiger partial charge >= 0.3 is 13.3 Å². The first-order chi connectivity index (χ1) is 22.3. The van der Waals surface area contributed by atoms with Crippen LogP contribution in [0.2, 0.25) is 0 Å². The maximum absolute atomic E-state index is 15.4. The second kappa shape index (κ2) is 14.2. The molecule has 3 saturated heterocycles. The van der Waals surface area contributed by atoms with Crippen molar-refractivity contribution < 1.29 is 46.7 Å². The molecule has 0 saturated carbocycles. The second-order valence-corrected chi connectivity index (χ2v) is 15.0. The number of halogens is 2. The molecular weight excluding hydrogens is 659 g/mol. The van der Waals surface area contributed by atoms with Gasteiger partial charge in [-0.15, -0.1) is 11.3 Å². The van der Waals surface area contributed by atoms with Gasteiger partial charge in [-0.25, -0.2) is 0 Å². The number of rotatable bonds is 10. The van der Waals surface area contributed by atoms with Crippen LogP contribution in [0.5, 0.6) is 0 Å². The van der Waals surface area contributed by atoms with Crippen LogP contribution in [0.1, 0.15) is 55.3 Å². The number of nitrogens with one attached hydrogen (secondary N) is 3. The number of β-amino-alcohol motifs (C(OH)–C–C–N with tert-alkyl or cyclic N) is 1. The smallest absolute Gasteiger partial charge is 0.390 e. The summed E-state index contributed by atoms with van der Waals surface area (Å²) in [5, 5.41) is 19.0. The number of fused-ring (bicyclic) bond motifs is 2. The predicted octanol–water partition coefficient (Wildman–Crippen LogP) is 2.38. The molecule has 0 aliphatic carbocycles. The normalized spacial score (nSPS) is 25.4. The quantitative estimate of drug-likeness (QED) is 0.273. The molecule has 4 amide bonds. The van der Waals surface area contributed by atoms with Crippen molar-refractivity contribution in [3.63, 3.8) is 0 Å². The number of hydrogen-bond donors (Lipinski definition) is 4. The Kier molecular flexibility index (Phi) is 10.7. The number of aliphatic hydroxyl groups is 1. The summed E-state index contributed by atoms with van der Waals surface area (Å²) in [6.07, 6.45) is 0.636. The van der Waals surface area contributed by atoms with Crippen LogP contribution in [-0.2, 0) is 33.7 Å². The number of hydrogen-bond acceptors (Lipinski definition) is 10. The first-order valence-corrected chi connectivity index (χ1v) is 18.0. The highest BCUT2D eigenvalue weighted by molar-refractivity contribution is 7.54. The molecule has 13 nitrogen and oxygen atoms in total. The van der Waals surface area contributed by atoms with E-state index in [-0.39, 0.29) is 42.0 Å². The number of carbonyl (C=O) groups is 4. The second-order valence-electron chi connectivity index (χ2n) is 11.9. The fourth-order valence-electron chi connectivity index (χ4n) is 6.39. The van der Waals surface area contributed by atoms with Crippen molar-refractivity contribution in [2.45, 2.75) is 76.0 Å². The Morgan fingerprint density at radius 3 is 2.47 bits per heavy atom. The highest BCUT2D eigenvalue weighted by atomic mass is 32.1. The van der Waals surface area contributed by atoms with Crippen LogP contribution in [0.25, 0.3) is 10.1 Å². The zero-order chi connectivity index (χ0) is 34.1. The third-order valence-electron chi connectivity index (χ3n) is 8.78. The maximum atomic E-state index is 15.4. The Balaban J connectivity index is 1.38. The molecule has 1 aromatic heterocycles. The van der Waals surface area contributed by atoms with E-state index in [1.54, 1.807) is 0 Å². The Labute approximate surface area is 274 Å². The molecule has 4 N–H and O–H groups in total. The molecule has 5 rings (SSSR count). The first-order valence-electron chi connectivity index (χ1n) is 15.7. The molecule has 3 aliphatic rings. The monoisotopic (exact) mass is 699 g/mol. The van der Waals surface area contributed by atoms with Gasteiger partial charge in [0.2, 0.25) is 17.7 Å². The highest BCUT2D eigenvalue weighted by Crippen LogP contribution is 2.67. The summed E-state index contributed by atoms with van der Waals surface area (Å²) in [6, 6.07) is 2.19. The van der Waals surface area contributed by atoms with E-state index in [0.717, 1.165) is 23.5 Å². The van der Waals surface area contributed by atoms with Gasteiger partial charge in [0, 0.05) is 49.4 Å². The predicted molar refractivity (Wildman–Crippen MR) is 169 cm³/mol. The molecule has 5 atom stereocenters. The Morgan fingerprint density at radius 1 is 1.11 bits per heavy atom. The topological polar surface area (TPSA) is 167 Å². The molecule has 1 aromatic carbocycles. The number of alkyl halides is 2. The third kappa shape index (κ3) is 7.08. The number of nitrogens with zero attached hydrogens (tertiary/aromatic N) is 2. The zero-order valence-electron chi connectivity index (χ0n) is 26.4. The van der Waals surface area contributed by atoms with Crippen molar-refractivity contribution in [1.29, 1.82) is 0 Å². The lowest BCUT2D eigenvalue weighted by atomic mass is 10.1. The summed E-state index contributed by atoms with van der Waals surface area (Å²) in [5.74, 6) is -1.83. The Hall–Kier alpha value is -3.01. The van der Waals surface area contributed by atoms with Gasteiger partial charge < -0.3 is 39.9 Å². The van der Waals surface area contributed by atoms with Crippen molar-refractivity contribution >= 4 is 52.6 Å². The summed E-state index contributed by atoms with van der Waals surface area (Å²) < 4.78 is 54.1. The summed E-state index contributed by atoms with van der Waals surface area (Å²) in [5.41, 5.74) is -4.56. The van der Waals surface area contributed by atoms with Crippen LogP contribution in [0.4, 0.5) is 8.78 Å². The standard InChI is InChI=1S/C30H40F2N5O8PS/c1-4-44-46(43,45-5-2)30(31,32)19-6-9-25-18(12-19)13-26(47-25)28(41)35-22-16-36(17(3)38)11-10-20-7-8-23(37(20)29(22)42)27(40)34-21-14-33-15-24(21)39/h6,9,12-13,20-24,33,39H,4-5,7-8,10-11,14-16H2,1-3H3,(H,34,40)(H,35,41)/t20-,21+,22+,23+,24+/m1/s1. The number of amides is 4. The highest BCUT2D eigenvalue weighted by Gasteiger charge is 2.55. The van der Waals surface area contributed by atoms with Gasteiger partial charge in [-0.1, -0.05) is 6.07 Å². The molecule has 258 valence electrons. The average molecular weight is 700 g/mol. The molecule has 0 spiro atoms. The van der Waals surface area contributed by atoms with E-state index >= 15 is 8.78 Å². The number of benzene rings is 1. The molecule has 2 aromatic rings. The lowest BCUT2D eigenvalue weighted by Gasteiger charge is -2.38. The van der Waals surface area contributed by atoms with Gasteiger partial charge in [0.1, 0.15) is 12.1 Å². The van der Waals surface area contributed by atoms with E-state index < -0.39 is 60.8 Å². The molecule has 3 fully saturated rings. The van der Waals surface area contributed by atoms with Gasteiger partial charge in [-0.05, 0) is 56.7 Å². The minimum absolute atomic E-state index is 0.117. The third-order valence-corrected chi connectivity index (χ3v) is 12.0. The molecule has 47 heavy (non-hydrogen) atoms. The minimum Gasteiger partial charge on any atom is -0.390 e. The first kappa shape index (κ1) is 35.3. The van der Waals surface area contributed by atoms with Crippen LogP contribution >= 0.6 is 18.9 Å². The number of aliphatic hydroxyl groups excluding tert-OH is 1. The van der Waals surface area contributed by atoms with Crippen molar-refractivity contribution in [3.8, 4) is 0 Å². The van der Waals surface area contributed by atoms with Crippen LogP contribution in [-0.4, -0.2) is 108 Å². The van der Waals surface area contributed by atoms with E-state index in [4.69, 9.17) is 9.05 Å². The van der Waals surface area contributed by atoms with Gasteiger partial charge in [0.25, 0.3) is 5.91 Å². The van der Waals surface area contributed by atoms with Crippen molar-refractivity contribution in [2.75, 3.05) is 39.4 Å². The molecule has 0 unspecified atom stereocenters. The molecular formula is C30H40F2N5O8PS. The summed E-state index contributed by atoms with van der Waals surface area (Å²) in [6.45, 7) is 4.70. The van der Waals surface area contributed by atoms with E-state index in [1.165, 1.54) is 42.7 Å². The molecule has 3 aliphatic heterocycles. The summed E-state index contributed by atoms with van der Waals surface area (Å²) in [4.78, 5) is 56.5. The molecule has 4 heterocycles. The molecule has 0 radical (unpaired) electrons. The SMILES string of the molecule is CCOP(=O)(OCC)C(F)(F)c1ccc2sc(C(=O)N[C@H]3CN(C(C)=O)CC[C@H]4CC[C@@H](C(=O)N[C@H]5CNC[C@@H]5O)N4C3=O)cc2c1. The van der Waals surface area contributed by atoms with E-state index in [2.05, 4.69) is 16.0 Å². The van der Waals surface area contributed by atoms with Crippen LogP contribution in [0.15, 0.2) is 24.3 Å². The molecule has 17 heteroatoms. The lowest BCUT2D eigenvalue weighted by Crippen LogP contribution is -2.61. The van der Waals surface area contributed by atoms with E-state index in [9.17, 15) is 28.8 Å². The fraction of sp³-hybridized carbons (Fsp3) is 0.600. The van der Waals surface area contributed by atoms with Gasteiger partial charge in [-0.2, -0.15) is 8.78 Å². The van der Waals surface area contributed by atoms with Crippen LogP contribution in [0.3, 0.4) is 0 Å². The Bertz CT molecular complexity index is 1570. The van der Waals surface area contributed by atoms with Crippen LogP contribution < -0.4 is 16.0 Å². The minimum atomic E-state index is -4.85. The number of carbonyl (C=O) groups excluding carboxylic acids is 4. The van der Waals surface area contributed by atoms with E-state index in [0.29, 0.717) is 43.6 Å². The van der Waals surface area contributed by atoms with Gasteiger partial charge in [0.05, 0.1) is 30.2 Å². The summed E-state index contributed by atoms with van der Waals surface area (Å²) >= 11 is 1.01. The Morgan fingerprint density at radius 2 is 1.83 bits per heavy atom. The molecule has 0 bridgehead atoms. The van der Waals surface area contributed by atoms with Crippen molar-refractivity contribution in [2.24, 2.45) is 0 Å². The summed E-state index contributed by atoms with van der Waals surface area (Å²) in [7, 11) is -4.85. The van der Waals surface area contributed by atoms with Gasteiger partial charge in [0.15, 0.2) is 0 Å². The largest absolute Gasteiger partial charge is 0.404 e. The van der Waals surface area contributed by atoms with Crippen molar-refractivity contribution in [1.82, 2.24) is 25.8 Å². The van der Waals surface area contributed by atoms with Crippen molar-refractivity contribution in [3.05, 3.63) is 34.7 Å². The zero-order valence-corrected chi connectivity index (χ0v) is 28.1. The lowest BCUT2D eigenvalue weighted by molar-refractivity contribution is -0.145. The van der Waals surface area contributed by atoms with Crippen LogP contribution in [0, 0.1) is 0 Å². The van der Waals surface area contributed by atoms with E-state index in [1.807, 2.05) is 0 Å².